The van der Waals surface area contributed by atoms with Crippen LogP contribution in [0.25, 0.3) is 0 Å². The Bertz CT molecular complexity index is 369. The van der Waals surface area contributed by atoms with Crippen molar-refractivity contribution in [1.82, 2.24) is 10.2 Å². The van der Waals surface area contributed by atoms with Gasteiger partial charge in [-0.3, -0.25) is 4.79 Å². The second-order valence-corrected chi connectivity index (χ2v) is 7.19. The van der Waals surface area contributed by atoms with Crippen LogP contribution in [0.4, 0.5) is 0 Å². The van der Waals surface area contributed by atoms with E-state index in [9.17, 15) is 4.79 Å². The minimum Gasteiger partial charge on any atom is -0.368 e. The van der Waals surface area contributed by atoms with E-state index in [1.54, 1.807) is 0 Å². The molecule has 3 N–H and O–H groups in total. The highest BCUT2D eigenvalue weighted by molar-refractivity contribution is 5.86. The molecule has 4 nitrogen and oxygen atoms in total. The molecule has 3 rings (SSSR count). The Morgan fingerprint density at radius 1 is 1.20 bits per heavy atom. The van der Waals surface area contributed by atoms with Crippen LogP contribution in [0.1, 0.15) is 44.9 Å². The quantitative estimate of drug-likeness (QED) is 0.799. The van der Waals surface area contributed by atoms with Crippen LogP contribution >= 0.6 is 0 Å². The van der Waals surface area contributed by atoms with Crippen molar-refractivity contribution in [3.8, 4) is 0 Å². The molecule has 0 aromatic heterocycles. The van der Waals surface area contributed by atoms with Crippen LogP contribution in [-0.2, 0) is 4.79 Å². The maximum absolute atomic E-state index is 12.0. The molecule has 3 unspecified atom stereocenters. The molecule has 1 aliphatic heterocycles. The van der Waals surface area contributed by atoms with Gasteiger partial charge in [0, 0.05) is 13.1 Å². The van der Waals surface area contributed by atoms with E-state index in [-0.39, 0.29) is 5.91 Å². The summed E-state index contributed by atoms with van der Waals surface area (Å²) >= 11 is 0. The van der Waals surface area contributed by atoms with Gasteiger partial charge in [-0.15, -0.1) is 0 Å². The number of rotatable bonds is 5. The van der Waals surface area contributed by atoms with Crippen LogP contribution in [-0.4, -0.2) is 43.0 Å². The first-order chi connectivity index (χ1) is 9.65. The summed E-state index contributed by atoms with van der Waals surface area (Å²) in [4.78, 5) is 14.5. The van der Waals surface area contributed by atoms with Crippen molar-refractivity contribution < 1.29 is 4.79 Å². The summed E-state index contributed by atoms with van der Waals surface area (Å²) in [5.41, 5.74) is 5.26. The van der Waals surface area contributed by atoms with E-state index in [4.69, 9.17) is 5.73 Å². The fourth-order valence-corrected chi connectivity index (χ4v) is 4.56. The maximum Gasteiger partial charge on any atom is 0.239 e. The number of primary amides is 1. The standard InChI is InChI=1S/C16H29N3O/c1-18-16(15(17)20,14-6-7-14)11-19-9-8-12-4-2-3-5-13(12)10-19/h12-14,18H,2-11H2,1H3,(H2,17,20). The molecule has 1 saturated heterocycles. The van der Waals surface area contributed by atoms with Crippen LogP contribution in [0, 0.1) is 17.8 Å². The average Bonchev–Trinajstić information content (AvgIpc) is 3.29. The van der Waals surface area contributed by atoms with Gasteiger partial charge in [-0.2, -0.15) is 0 Å². The molecule has 1 amide bonds. The second kappa shape index (κ2) is 5.64. The summed E-state index contributed by atoms with van der Waals surface area (Å²) in [5.74, 6) is 2.10. The number of nitrogens with zero attached hydrogens (tertiary/aromatic N) is 1. The molecule has 2 saturated carbocycles. The highest BCUT2D eigenvalue weighted by Gasteiger charge is 2.50. The number of amides is 1. The number of nitrogens with two attached hydrogens (primary N) is 1. The number of likely N-dealkylation sites (tertiary alicyclic amines) is 1. The van der Waals surface area contributed by atoms with E-state index in [0.29, 0.717) is 5.92 Å². The van der Waals surface area contributed by atoms with Gasteiger partial charge in [-0.05, 0) is 57.0 Å². The smallest absolute Gasteiger partial charge is 0.239 e. The van der Waals surface area contributed by atoms with Crippen molar-refractivity contribution in [3.05, 3.63) is 0 Å². The molecule has 0 spiro atoms. The number of piperidine rings is 1. The van der Waals surface area contributed by atoms with Gasteiger partial charge < -0.3 is 16.0 Å². The predicted molar refractivity (Wildman–Crippen MR) is 80.2 cm³/mol. The fraction of sp³-hybridized carbons (Fsp3) is 0.938. The summed E-state index contributed by atoms with van der Waals surface area (Å²) < 4.78 is 0. The first-order valence-electron chi connectivity index (χ1n) is 8.37. The van der Waals surface area contributed by atoms with Gasteiger partial charge in [0.05, 0.1) is 0 Å². The number of carbonyl (C=O) groups excluding carboxylic acids is 1. The summed E-state index contributed by atoms with van der Waals surface area (Å²) in [6.07, 6.45) is 9.22. The summed E-state index contributed by atoms with van der Waals surface area (Å²) in [5, 5.41) is 3.28. The molecule has 0 aromatic rings. The highest BCUT2D eigenvalue weighted by Crippen LogP contribution is 2.41. The average molecular weight is 279 g/mol. The van der Waals surface area contributed by atoms with Crippen LogP contribution < -0.4 is 11.1 Å². The topological polar surface area (TPSA) is 58.4 Å². The molecule has 20 heavy (non-hydrogen) atoms. The molecule has 114 valence electrons. The lowest BCUT2D eigenvalue weighted by molar-refractivity contribution is -0.126. The van der Waals surface area contributed by atoms with Crippen molar-refractivity contribution in [2.75, 3.05) is 26.7 Å². The van der Waals surface area contributed by atoms with Crippen LogP contribution in [0.2, 0.25) is 0 Å². The Hall–Kier alpha value is -0.610. The third-order valence-electron chi connectivity index (χ3n) is 6.01. The Kier molecular flexibility index (Phi) is 4.04. The van der Waals surface area contributed by atoms with Gasteiger partial charge in [-0.25, -0.2) is 0 Å². The molecule has 0 radical (unpaired) electrons. The van der Waals surface area contributed by atoms with Gasteiger partial charge in [0.2, 0.25) is 5.91 Å². The highest BCUT2D eigenvalue weighted by atomic mass is 16.1. The summed E-state index contributed by atoms with van der Waals surface area (Å²) in [6, 6.07) is 0. The number of nitrogens with one attached hydrogen (secondary N) is 1. The maximum atomic E-state index is 12.0. The number of carbonyl (C=O) groups is 1. The molecular formula is C16H29N3O. The first-order valence-corrected chi connectivity index (χ1v) is 8.37. The van der Waals surface area contributed by atoms with E-state index in [2.05, 4.69) is 10.2 Å². The number of likely N-dealkylation sites (N-methyl/N-ethyl adjacent to an activating group) is 1. The number of hydrogen-bond donors (Lipinski definition) is 2. The minimum absolute atomic E-state index is 0.159. The van der Waals surface area contributed by atoms with Crippen LogP contribution in [0.3, 0.4) is 0 Å². The Morgan fingerprint density at radius 2 is 1.90 bits per heavy atom. The molecule has 1 heterocycles. The minimum atomic E-state index is -0.485. The SMILES string of the molecule is CNC(CN1CCC2CCCCC2C1)(C(N)=O)C1CC1. The van der Waals surface area contributed by atoms with Gasteiger partial charge in [0.25, 0.3) is 0 Å². The Morgan fingerprint density at radius 3 is 2.50 bits per heavy atom. The number of fused-ring (bicyclic) bond motifs is 1. The zero-order valence-electron chi connectivity index (χ0n) is 12.7. The fourth-order valence-electron chi connectivity index (χ4n) is 4.56. The van der Waals surface area contributed by atoms with Crippen LogP contribution in [0.5, 0.6) is 0 Å². The summed E-state index contributed by atoms with van der Waals surface area (Å²) in [6.45, 7) is 3.13. The Balaban J connectivity index is 1.65. The van der Waals surface area contributed by atoms with E-state index in [1.807, 2.05) is 7.05 Å². The summed E-state index contributed by atoms with van der Waals surface area (Å²) in [7, 11) is 1.90. The van der Waals surface area contributed by atoms with Gasteiger partial charge >= 0.3 is 0 Å². The molecule has 3 aliphatic rings. The van der Waals surface area contributed by atoms with Crippen molar-refractivity contribution in [1.29, 1.82) is 0 Å². The third-order valence-corrected chi connectivity index (χ3v) is 6.01. The zero-order valence-corrected chi connectivity index (χ0v) is 12.7. The van der Waals surface area contributed by atoms with Crippen molar-refractivity contribution >= 4 is 5.91 Å². The second-order valence-electron chi connectivity index (χ2n) is 7.19. The van der Waals surface area contributed by atoms with E-state index >= 15 is 0 Å². The lowest BCUT2D eigenvalue weighted by Crippen LogP contribution is -2.63. The molecule has 3 fully saturated rings. The predicted octanol–water partition coefficient (Wildman–Crippen LogP) is 1.35. The van der Waals surface area contributed by atoms with Crippen LogP contribution in [0.15, 0.2) is 0 Å². The van der Waals surface area contributed by atoms with E-state index in [0.717, 1.165) is 37.8 Å². The molecule has 2 aliphatic carbocycles. The third kappa shape index (κ3) is 2.60. The monoisotopic (exact) mass is 279 g/mol. The molecular weight excluding hydrogens is 250 g/mol. The van der Waals surface area contributed by atoms with E-state index < -0.39 is 5.54 Å². The van der Waals surface area contributed by atoms with Crippen molar-refractivity contribution in [2.24, 2.45) is 23.5 Å². The normalized spacial score (nSPS) is 34.2. The largest absolute Gasteiger partial charge is 0.368 e. The molecule has 3 atom stereocenters. The molecule has 0 aromatic carbocycles. The van der Waals surface area contributed by atoms with Gasteiger partial charge in [0.1, 0.15) is 5.54 Å². The Labute approximate surface area is 122 Å². The molecule has 4 heteroatoms. The van der Waals surface area contributed by atoms with Crippen molar-refractivity contribution in [3.63, 3.8) is 0 Å². The zero-order chi connectivity index (χ0) is 14.2. The van der Waals surface area contributed by atoms with Gasteiger partial charge in [-0.1, -0.05) is 19.3 Å². The lowest BCUT2D eigenvalue weighted by Gasteiger charge is -2.44. The van der Waals surface area contributed by atoms with E-state index in [1.165, 1.54) is 38.6 Å². The van der Waals surface area contributed by atoms with Crippen molar-refractivity contribution in [2.45, 2.75) is 50.5 Å². The molecule has 0 bridgehead atoms. The number of hydrogen-bond acceptors (Lipinski definition) is 3. The lowest BCUT2D eigenvalue weighted by atomic mass is 9.74. The first kappa shape index (κ1) is 14.3. The van der Waals surface area contributed by atoms with Gasteiger partial charge in [0.15, 0.2) is 0 Å².